The molecule has 0 aliphatic carbocycles. The second kappa shape index (κ2) is 2.61. The molecule has 2 N–H and O–H groups in total. The number of nitrogen functional groups attached to an aromatic ring is 1. The molecule has 0 fully saturated rings. The second-order valence-electron chi connectivity index (χ2n) is 2.24. The largest absolute Gasteiger partial charge is 0.387 e. The van der Waals surface area contributed by atoms with Gasteiger partial charge in [0.05, 0.1) is 5.10 Å². The highest BCUT2D eigenvalue weighted by Crippen LogP contribution is 1.96. The van der Waals surface area contributed by atoms with Crippen LogP contribution in [-0.2, 0) is 0 Å². The third-order valence-corrected chi connectivity index (χ3v) is 1.39. The number of nitrogens with two attached hydrogens (primary N) is 1. The Morgan fingerprint density at radius 1 is 1.25 bits per heavy atom. The van der Waals surface area contributed by atoms with Gasteiger partial charge in [-0.3, -0.25) is 4.52 Å². The lowest BCUT2D eigenvalue weighted by Crippen LogP contribution is -2.35. The molecule has 0 radical (unpaired) electrons. The summed E-state index contributed by atoms with van der Waals surface area (Å²) in [5.74, 6) is 0. The van der Waals surface area contributed by atoms with Crippen LogP contribution in [0.25, 0.3) is 5.69 Å². The van der Waals surface area contributed by atoms with Gasteiger partial charge in [-0.05, 0) is 0 Å². The van der Waals surface area contributed by atoms with Crippen molar-refractivity contribution in [3.63, 3.8) is 0 Å². The molecule has 0 saturated heterocycles. The summed E-state index contributed by atoms with van der Waals surface area (Å²) in [7, 11) is 0. The highest BCUT2D eigenvalue weighted by Gasteiger charge is 2.13. The molecule has 1 heterocycles. The summed E-state index contributed by atoms with van der Waals surface area (Å²) in [5.41, 5.74) is 6.07. The average molecular weight is 163 g/mol. The van der Waals surface area contributed by atoms with Crippen LogP contribution in [-0.4, -0.2) is 10.4 Å². The van der Waals surface area contributed by atoms with E-state index in [9.17, 15) is 0 Å². The Morgan fingerprint density at radius 2 is 2.00 bits per heavy atom. The van der Waals surface area contributed by atoms with Crippen LogP contribution >= 0.6 is 0 Å². The van der Waals surface area contributed by atoms with Gasteiger partial charge in [0.1, 0.15) is 4.80 Å². The molecule has 0 spiro atoms. The van der Waals surface area contributed by atoms with Gasteiger partial charge in [-0.1, -0.05) is 18.2 Å². The van der Waals surface area contributed by atoms with Crippen molar-refractivity contribution in [2.24, 2.45) is 0 Å². The van der Waals surface area contributed by atoms with Crippen molar-refractivity contribution < 1.29 is 9.32 Å². The number of hydrogen-bond acceptors (Lipinski definition) is 4. The van der Waals surface area contributed by atoms with Gasteiger partial charge in [0, 0.05) is 12.1 Å². The Bertz CT molecular complexity index is 370. The van der Waals surface area contributed by atoms with Gasteiger partial charge in [0.15, 0.2) is 0 Å². The van der Waals surface area contributed by atoms with E-state index in [-0.39, 0.29) is 6.01 Å². The predicted molar refractivity (Wildman–Crippen MR) is 40.2 cm³/mol. The molecule has 1 aromatic carbocycles. The van der Waals surface area contributed by atoms with Crippen LogP contribution in [0.3, 0.4) is 0 Å². The topological polar surface area (TPSA) is 68.8 Å². The molecule has 0 amide bonds. The number of benzene rings is 1. The highest BCUT2D eigenvalue weighted by molar-refractivity contribution is 5.20. The quantitative estimate of drug-likeness (QED) is 0.597. The predicted octanol–water partition coefficient (Wildman–Crippen LogP) is -0.0715. The van der Waals surface area contributed by atoms with Gasteiger partial charge in [0.2, 0.25) is 5.27 Å². The van der Waals surface area contributed by atoms with Crippen LogP contribution < -0.4 is 10.5 Å². The Morgan fingerprint density at radius 3 is 2.58 bits per heavy atom. The lowest BCUT2D eigenvalue weighted by molar-refractivity contribution is -0.724. The molecular weight excluding hydrogens is 156 g/mol. The number of aromatic nitrogens is 3. The maximum absolute atomic E-state index is 5.25. The minimum absolute atomic E-state index is 0.0545. The van der Waals surface area contributed by atoms with Crippen LogP contribution in [0.5, 0.6) is 0 Å². The molecule has 1 aromatic heterocycles. The summed E-state index contributed by atoms with van der Waals surface area (Å²) in [5, 5.41) is 7.39. The molecule has 12 heavy (non-hydrogen) atoms. The minimum Gasteiger partial charge on any atom is -0.346 e. The maximum Gasteiger partial charge on any atom is 0.387 e. The van der Waals surface area contributed by atoms with Crippen LogP contribution in [0.4, 0.5) is 6.01 Å². The number of anilines is 1. The molecule has 0 aliphatic rings. The van der Waals surface area contributed by atoms with E-state index in [2.05, 4.69) is 14.9 Å². The van der Waals surface area contributed by atoms with Crippen molar-refractivity contribution in [2.75, 3.05) is 5.73 Å². The third kappa shape index (κ3) is 1.12. The standard InChI is InChI=1S/C7H7N4O/c8-7-9-11(10-12-7)6-4-2-1-3-5-6/h1-5H,(H2,8,9,10)/q+1. The van der Waals surface area contributed by atoms with Crippen molar-refractivity contribution in [3.8, 4) is 5.69 Å². The molecular formula is C7H7N4O+. The Hall–Kier alpha value is -1.91. The van der Waals surface area contributed by atoms with Gasteiger partial charge in [-0.15, -0.1) is 0 Å². The zero-order valence-corrected chi connectivity index (χ0v) is 6.21. The van der Waals surface area contributed by atoms with E-state index in [0.29, 0.717) is 0 Å². The second-order valence-corrected chi connectivity index (χ2v) is 2.24. The van der Waals surface area contributed by atoms with Gasteiger partial charge < -0.3 is 5.73 Å². The molecule has 0 saturated carbocycles. The fraction of sp³-hybridized carbons (Fsp3) is 0. The average Bonchev–Trinajstić information content (AvgIpc) is 2.54. The first-order chi connectivity index (χ1) is 5.86. The first-order valence-electron chi connectivity index (χ1n) is 3.43. The molecule has 5 nitrogen and oxygen atoms in total. The maximum atomic E-state index is 5.25. The number of hydrogen-bond donors (Lipinski definition) is 1. The summed E-state index contributed by atoms with van der Waals surface area (Å²) in [6.07, 6.45) is 0. The molecule has 2 rings (SSSR count). The molecule has 0 bridgehead atoms. The van der Waals surface area contributed by atoms with Gasteiger partial charge in [0.25, 0.3) is 5.69 Å². The lowest BCUT2D eigenvalue weighted by Gasteiger charge is -1.80. The third-order valence-electron chi connectivity index (χ3n) is 1.39. The monoisotopic (exact) mass is 163 g/mol. The SMILES string of the molecule is Nc1n[n+](-c2ccccc2)no1. The van der Waals surface area contributed by atoms with E-state index in [0.717, 1.165) is 5.69 Å². The first-order valence-corrected chi connectivity index (χ1v) is 3.43. The van der Waals surface area contributed by atoms with Crippen molar-refractivity contribution in [1.29, 1.82) is 0 Å². The molecule has 0 atom stereocenters. The number of nitrogens with zero attached hydrogens (tertiary/aromatic N) is 3. The molecule has 0 unspecified atom stereocenters. The summed E-state index contributed by atoms with van der Waals surface area (Å²) in [6, 6.07) is 9.44. The van der Waals surface area contributed by atoms with E-state index < -0.39 is 0 Å². The minimum atomic E-state index is 0.0545. The smallest absolute Gasteiger partial charge is 0.346 e. The summed E-state index contributed by atoms with van der Waals surface area (Å²) in [4.78, 5) is 1.33. The zero-order chi connectivity index (χ0) is 8.39. The van der Waals surface area contributed by atoms with Crippen LogP contribution in [0, 0.1) is 0 Å². The Labute approximate surface area is 68.4 Å². The summed E-state index contributed by atoms with van der Waals surface area (Å²) >= 11 is 0. The van der Waals surface area contributed by atoms with Gasteiger partial charge >= 0.3 is 6.01 Å². The first kappa shape index (κ1) is 6.78. The van der Waals surface area contributed by atoms with E-state index in [1.807, 2.05) is 30.3 Å². The molecule has 0 aliphatic heterocycles. The summed E-state index contributed by atoms with van der Waals surface area (Å²) < 4.78 is 4.60. The van der Waals surface area contributed by atoms with Crippen LogP contribution in [0.2, 0.25) is 0 Å². The molecule has 5 heteroatoms. The van der Waals surface area contributed by atoms with Crippen molar-refractivity contribution in [3.05, 3.63) is 30.3 Å². The Balaban J connectivity index is 2.45. The fourth-order valence-corrected chi connectivity index (χ4v) is 0.877. The van der Waals surface area contributed by atoms with Crippen molar-refractivity contribution in [1.82, 2.24) is 10.4 Å². The highest BCUT2D eigenvalue weighted by atomic mass is 16.5. The molecule has 2 aromatic rings. The zero-order valence-electron chi connectivity index (χ0n) is 6.21. The Kier molecular flexibility index (Phi) is 1.48. The van der Waals surface area contributed by atoms with Gasteiger partial charge in [-0.25, -0.2) is 0 Å². The number of para-hydroxylation sites is 1. The van der Waals surface area contributed by atoms with E-state index in [1.54, 1.807) is 0 Å². The molecule has 60 valence electrons. The van der Waals surface area contributed by atoms with Crippen LogP contribution in [0.1, 0.15) is 0 Å². The van der Waals surface area contributed by atoms with Crippen molar-refractivity contribution >= 4 is 6.01 Å². The van der Waals surface area contributed by atoms with E-state index in [1.165, 1.54) is 4.80 Å². The lowest BCUT2D eigenvalue weighted by atomic mass is 10.3. The summed E-state index contributed by atoms with van der Waals surface area (Å²) in [6.45, 7) is 0. The van der Waals surface area contributed by atoms with E-state index in [4.69, 9.17) is 5.73 Å². The van der Waals surface area contributed by atoms with Crippen LogP contribution in [0.15, 0.2) is 34.9 Å². The number of rotatable bonds is 1. The fourth-order valence-electron chi connectivity index (χ4n) is 0.877. The normalized spacial score (nSPS) is 10.0. The van der Waals surface area contributed by atoms with E-state index >= 15 is 0 Å². The van der Waals surface area contributed by atoms with Gasteiger partial charge in [-0.2, -0.15) is 0 Å². The van der Waals surface area contributed by atoms with Crippen molar-refractivity contribution in [2.45, 2.75) is 0 Å².